The normalized spacial score (nSPS) is 26.6. The summed E-state index contributed by atoms with van der Waals surface area (Å²) in [5.74, 6) is 3.17. The van der Waals surface area contributed by atoms with Crippen molar-refractivity contribution in [1.82, 2.24) is 0 Å². The summed E-state index contributed by atoms with van der Waals surface area (Å²) in [4.78, 5) is 10.6. The number of aliphatic hydroxyl groups excluding tert-OH is 1. The average molecular weight is 441 g/mol. The molecule has 4 nitrogen and oxygen atoms in total. The van der Waals surface area contributed by atoms with E-state index in [1.54, 1.807) is 0 Å². The molecule has 2 saturated heterocycles. The zero-order valence-corrected chi connectivity index (χ0v) is 19.8. The first kappa shape index (κ1) is 25.7. The monoisotopic (exact) mass is 440 g/mol. The molecule has 0 spiro atoms. The number of ether oxygens (including phenoxy) is 1. The van der Waals surface area contributed by atoms with Crippen molar-refractivity contribution in [1.29, 1.82) is 0 Å². The van der Waals surface area contributed by atoms with Gasteiger partial charge in [0.15, 0.2) is 0 Å². The van der Waals surface area contributed by atoms with Gasteiger partial charge in [-0.25, -0.2) is 0 Å². The highest BCUT2D eigenvalue weighted by molar-refractivity contribution is 7.99. The predicted octanol–water partition coefficient (Wildman–Crippen LogP) is 6.22. The van der Waals surface area contributed by atoms with E-state index in [0.29, 0.717) is 18.1 Å². The minimum atomic E-state index is -0.700. The van der Waals surface area contributed by atoms with Gasteiger partial charge in [0.2, 0.25) is 0 Å². The molecule has 0 radical (unpaired) electrons. The van der Waals surface area contributed by atoms with Crippen LogP contribution in [0.4, 0.5) is 0 Å². The van der Waals surface area contributed by atoms with Crippen LogP contribution in [0.15, 0.2) is 12.2 Å². The Morgan fingerprint density at radius 1 is 1.03 bits per heavy atom. The van der Waals surface area contributed by atoms with E-state index in [2.05, 4.69) is 30.8 Å². The Kier molecular flexibility index (Phi) is 13.1. The van der Waals surface area contributed by atoms with E-state index >= 15 is 0 Å². The molecular weight excluding hydrogens is 396 g/mol. The molecule has 30 heavy (non-hydrogen) atoms. The second kappa shape index (κ2) is 15.3. The van der Waals surface area contributed by atoms with Crippen molar-refractivity contribution in [3.8, 4) is 0 Å². The van der Waals surface area contributed by atoms with Gasteiger partial charge in [-0.3, -0.25) is 4.79 Å². The lowest BCUT2D eigenvalue weighted by atomic mass is 9.75. The van der Waals surface area contributed by atoms with Gasteiger partial charge in [-0.05, 0) is 87.5 Å². The number of rotatable bonds is 18. The molecule has 0 aromatic rings. The first-order valence-corrected chi connectivity index (χ1v) is 13.5. The van der Waals surface area contributed by atoms with Crippen molar-refractivity contribution >= 4 is 17.7 Å². The molecule has 2 aliphatic heterocycles. The number of hydrogen-bond acceptors (Lipinski definition) is 4. The van der Waals surface area contributed by atoms with Crippen LogP contribution in [-0.2, 0) is 9.53 Å². The summed E-state index contributed by atoms with van der Waals surface area (Å²) in [5.41, 5.74) is 0. The molecule has 2 N–H and O–H groups in total. The Morgan fingerprint density at radius 3 is 2.50 bits per heavy atom. The van der Waals surface area contributed by atoms with Gasteiger partial charge < -0.3 is 14.9 Å². The molecule has 0 aromatic carbocycles. The van der Waals surface area contributed by atoms with Gasteiger partial charge in [0, 0.05) is 6.42 Å². The van der Waals surface area contributed by atoms with Gasteiger partial charge in [0.25, 0.3) is 0 Å². The van der Waals surface area contributed by atoms with E-state index in [0.717, 1.165) is 50.9 Å². The first-order valence-electron chi connectivity index (χ1n) is 12.4. The molecule has 0 aliphatic carbocycles. The zero-order chi connectivity index (χ0) is 21.6. The molecule has 2 heterocycles. The molecule has 5 atom stereocenters. The number of fused-ring (bicyclic) bond motifs is 2. The van der Waals surface area contributed by atoms with Crippen molar-refractivity contribution < 1.29 is 19.7 Å². The zero-order valence-electron chi connectivity index (χ0n) is 19.0. The van der Waals surface area contributed by atoms with Crippen molar-refractivity contribution in [2.75, 3.05) is 11.5 Å². The third-order valence-corrected chi connectivity index (χ3v) is 7.86. The summed E-state index contributed by atoms with van der Waals surface area (Å²) >= 11 is 2.07. The van der Waals surface area contributed by atoms with E-state index in [1.807, 2.05) is 0 Å². The van der Waals surface area contributed by atoms with Crippen molar-refractivity contribution in [3.05, 3.63) is 12.2 Å². The van der Waals surface area contributed by atoms with Gasteiger partial charge >= 0.3 is 5.97 Å². The number of carbonyl (C=O) groups is 1. The topological polar surface area (TPSA) is 66.8 Å². The fourth-order valence-electron chi connectivity index (χ4n) is 5.09. The van der Waals surface area contributed by atoms with Gasteiger partial charge in [0.1, 0.15) is 0 Å². The number of hydrogen-bond donors (Lipinski definition) is 2. The molecule has 174 valence electrons. The Labute approximate surface area is 188 Å². The second-order valence-electron chi connectivity index (χ2n) is 9.16. The summed E-state index contributed by atoms with van der Waals surface area (Å²) in [5, 5.41) is 18.5. The SMILES string of the molecule is CCCC(O)CCCCSCCCC[C@H]1[C@@H](CC=CCCCC(=O)O)[C@H]2CC[C@@H]1O2. The summed E-state index contributed by atoms with van der Waals surface area (Å²) in [6.07, 6.45) is 20.0. The molecule has 2 rings (SSSR count). The average Bonchev–Trinajstić information content (AvgIpc) is 3.31. The Hall–Kier alpha value is -0.520. The van der Waals surface area contributed by atoms with Crippen LogP contribution in [-0.4, -0.2) is 46.0 Å². The first-order chi connectivity index (χ1) is 14.6. The molecular formula is C25H44O4S. The number of aliphatic carboxylic acids is 1. The fourth-order valence-corrected chi connectivity index (χ4v) is 6.11. The highest BCUT2D eigenvalue weighted by Crippen LogP contribution is 2.47. The molecule has 0 saturated carbocycles. The number of unbranched alkanes of at least 4 members (excludes halogenated alkanes) is 3. The Balaban J connectivity index is 1.52. The maximum absolute atomic E-state index is 10.6. The maximum atomic E-state index is 10.6. The van der Waals surface area contributed by atoms with Crippen LogP contribution in [0.5, 0.6) is 0 Å². The highest BCUT2D eigenvalue weighted by Gasteiger charge is 2.47. The predicted molar refractivity (Wildman–Crippen MR) is 126 cm³/mol. The maximum Gasteiger partial charge on any atom is 0.303 e. The Bertz CT molecular complexity index is 496. The summed E-state index contributed by atoms with van der Waals surface area (Å²) in [6, 6.07) is 0. The lowest BCUT2D eigenvalue weighted by Gasteiger charge is -2.27. The van der Waals surface area contributed by atoms with Crippen molar-refractivity contribution in [2.24, 2.45) is 11.8 Å². The molecule has 2 aliphatic rings. The molecule has 5 heteroatoms. The lowest BCUT2D eigenvalue weighted by molar-refractivity contribution is -0.137. The van der Waals surface area contributed by atoms with Gasteiger partial charge in [-0.2, -0.15) is 11.8 Å². The standard InChI is InChI=1S/C25H44O4S/c1-2-11-20(26)12-7-9-18-30-19-10-8-14-22-21(23-16-17-24(22)29-23)13-5-3-4-6-15-25(27)28/h3,5,20-24,26H,2,4,6-19H2,1H3,(H,27,28)/t20?,21-,22+,23-,24+/m1/s1. The van der Waals surface area contributed by atoms with E-state index in [4.69, 9.17) is 9.84 Å². The number of carboxylic acid groups (broad SMARTS) is 1. The summed E-state index contributed by atoms with van der Waals surface area (Å²) in [7, 11) is 0. The third-order valence-electron chi connectivity index (χ3n) is 6.70. The van der Waals surface area contributed by atoms with Crippen LogP contribution < -0.4 is 0 Å². The van der Waals surface area contributed by atoms with Gasteiger partial charge in [-0.1, -0.05) is 38.3 Å². The Morgan fingerprint density at radius 2 is 1.77 bits per heavy atom. The number of aliphatic hydroxyl groups is 1. The molecule has 2 fully saturated rings. The van der Waals surface area contributed by atoms with E-state index < -0.39 is 5.97 Å². The smallest absolute Gasteiger partial charge is 0.303 e. The van der Waals surface area contributed by atoms with E-state index in [-0.39, 0.29) is 12.5 Å². The van der Waals surface area contributed by atoms with Crippen LogP contribution >= 0.6 is 11.8 Å². The number of carboxylic acids is 1. The van der Waals surface area contributed by atoms with E-state index in [1.165, 1.54) is 50.0 Å². The minimum absolute atomic E-state index is 0.0866. The molecule has 2 bridgehead atoms. The fraction of sp³-hybridized carbons (Fsp3) is 0.880. The second-order valence-corrected chi connectivity index (χ2v) is 10.4. The quantitative estimate of drug-likeness (QED) is 0.196. The largest absolute Gasteiger partial charge is 0.481 e. The van der Waals surface area contributed by atoms with Crippen LogP contribution in [0.25, 0.3) is 0 Å². The highest BCUT2D eigenvalue weighted by atomic mass is 32.2. The molecule has 0 amide bonds. The van der Waals surface area contributed by atoms with Gasteiger partial charge in [0.05, 0.1) is 18.3 Å². The summed E-state index contributed by atoms with van der Waals surface area (Å²) < 4.78 is 6.23. The van der Waals surface area contributed by atoms with Crippen LogP contribution in [0.3, 0.4) is 0 Å². The number of allylic oxidation sites excluding steroid dienone is 2. The van der Waals surface area contributed by atoms with Crippen LogP contribution in [0.1, 0.15) is 96.8 Å². The lowest BCUT2D eigenvalue weighted by Crippen LogP contribution is -2.26. The molecule has 0 aromatic heterocycles. The van der Waals surface area contributed by atoms with Crippen molar-refractivity contribution in [3.63, 3.8) is 0 Å². The minimum Gasteiger partial charge on any atom is -0.481 e. The van der Waals surface area contributed by atoms with Gasteiger partial charge in [-0.15, -0.1) is 0 Å². The summed E-state index contributed by atoms with van der Waals surface area (Å²) in [6.45, 7) is 2.13. The third kappa shape index (κ3) is 9.74. The van der Waals surface area contributed by atoms with E-state index in [9.17, 15) is 9.90 Å². The molecule has 1 unspecified atom stereocenters. The van der Waals surface area contributed by atoms with Crippen LogP contribution in [0.2, 0.25) is 0 Å². The van der Waals surface area contributed by atoms with Crippen molar-refractivity contribution in [2.45, 2.75) is 115 Å². The van der Waals surface area contributed by atoms with Crippen LogP contribution in [0, 0.1) is 11.8 Å². The number of thioether (sulfide) groups is 1.